The molecule has 0 spiro atoms. The molecule has 0 aromatic carbocycles. The molecule has 6 heteroatoms. The molecule has 6 nitrogen and oxygen atoms in total. The summed E-state index contributed by atoms with van der Waals surface area (Å²) in [6, 6.07) is 0.412. The van der Waals surface area contributed by atoms with Crippen LogP contribution in [0.25, 0.3) is 0 Å². The number of hydrogen-bond acceptors (Lipinski definition) is 4. The molecule has 0 radical (unpaired) electrons. The molecule has 1 aromatic heterocycles. The fourth-order valence-electron chi connectivity index (χ4n) is 2.72. The van der Waals surface area contributed by atoms with E-state index in [1.807, 2.05) is 6.20 Å². The molecule has 1 aliphatic carbocycles. The van der Waals surface area contributed by atoms with Gasteiger partial charge in [0, 0.05) is 18.8 Å². The molecule has 1 saturated heterocycles. The van der Waals surface area contributed by atoms with Crippen molar-refractivity contribution in [3.05, 3.63) is 12.4 Å². The van der Waals surface area contributed by atoms with Gasteiger partial charge in [-0.25, -0.2) is 0 Å². The van der Waals surface area contributed by atoms with Crippen molar-refractivity contribution in [3.8, 4) is 0 Å². The number of anilines is 1. The number of piperidine rings is 1. The summed E-state index contributed by atoms with van der Waals surface area (Å²) in [7, 11) is 2.18. The van der Waals surface area contributed by atoms with Crippen molar-refractivity contribution in [1.29, 1.82) is 0 Å². The molecule has 0 bridgehead atoms. The number of carbonyl (C=O) groups excluding carboxylic acids is 1. The van der Waals surface area contributed by atoms with E-state index in [1.54, 1.807) is 10.9 Å². The molecule has 2 fully saturated rings. The SMILES string of the molecule is CN1CCC(CNc2cnn(CC(=O)NC3CC3)c2)CC1. The van der Waals surface area contributed by atoms with E-state index in [1.165, 1.54) is 25.9 Å². The Labute approximate surface area is 125 Å². The van der Waals surface area contributed by atoms with Crippen LogP contribution in [0.3, 0.4) is 0 Å². The first-order valence-corrected chi connectivity index (χ1v) is 7.93. The van der Waals surface area contributed by atoms with Gasteiger partial charge in [-0.3, -0.25) is 9.48 Å². The maximum atomic E-state index is 11.7. The molecule has 21 heavy (non-hydrogen) atoms. The van der Waals surface area contributed by atoms with Crippen molar-refractivity contribution < 1.29 is 4.79 Å². The average Bonchev–Trinajstić information content (AvgIpc) is 3.16. The van der Waals surface area contributed by atoms with Crippen molar-refractivity contribution in [2.24, 2.45) is 5.92 Å². The van der Waals surface area contributed by atoms with Crippen LogP contribution in [0.1, 0.15) is 25.7 Å². The summed E-state index contributed by atoms with van der Waals surface area (Å²) in [5, 5.41) is 10.7. The van der Waals surface area contributed by atoms with Crippen molar-refractivity contribution >= 4 is 11.6 Å². The zero-order valence-electron chi connectivity index (χ0n) is 12.7. The number of nitrogens with one attached hydrogen (secondary N) is 2. The average molecular weight is 291 g/mol. The van der Waals surface area contributed by atoms with E-state index >= 15 is 0 Å². The molecular weight excluding hydrogens is 266 g/mol. The van der Waals surface area contributed by atoms with Gasteiger partial charge in [-0.15, -0.1) is 0 Å². The zero-order chi connectivity index (χ0) is 14.7. The lowest BCUT2D eigenvalue weighted by Crippen LogP contribution is -2.32. The number of amides is 1. The lowest BCUT2D eigenvalue weighted by Gasteiger charge is -2.29. The van der Waals surface area contributed by atoms with E-state index in [0.717, 1.165) is 31.0 Å². The molecule has 1 saturated carbocycles. The Morgan fingerprint density at radius 1 is 1.33 bits per heavy atom. The van der Waals surface area contributed by atoms with Crippen LogP contribution in [0.15, 0.2) is 12.4 Å². The lowest BCUT2D eigenvalue weighted by molar-refractivity contribution is -0.122. The minimum absolute atomic E-state index is 0.0578. The van der Waals surface area contributed by atoms with Crippen LogP contribution >= 0.6 is 0 Å². The van der Waals surface area contributed by atoms with Gasteiger partial charge < -0.3 is 15.5 Å². The van der Waals surface area contributed by atoms with Crippen LogP contribution in [0.5, 0.6) is 0 Å². The van der Waals surface area contributed by atoms with Gasteiger partial charge in [0.15, 0.2) is 0 Å². The summed E-state index contributed by atoms with van der Waals surface area (Å²) in [5.41, 5.74) is 1.01. The molecule has 1 amide bonds. The summed E-state index contributed by atoms with van der Waals surface area (Å²) >= 11 is 0. The van der Waals surface area contributed by atoms with Crippen molar-refractivity contribution in [1.82, 2.24) is 20.0 Å². The van der Waals surface area contributed by atoms with Gasteiger partial charge in [-0.05, 0) is 51.7 Å². The Kier molecular flexibility index (Phi) is 4.43. The highest BCUT2D eigenvalue weighted by Crippen LogP contribution is 2.19. The molecular formula is C15H25N5O. The second-order valence-corrected chi connectivity index (χ2v) is 6.40. The first-order chi connectivity index (χ1) is 10.2. The Hall–Kier alpha value is -1.56. The predicted octanol–water partition coefficient (Wildman–Crippen LogP) is 0.915. The fraction of sp³-hybridized carbons (Fsp3) is 0.733. The Balaban J connectivity index is 1.40. The molecule has 116 valence electrons. The number of aromatic nitrogens is 2. The van der Waals surface area contributed by atoms with E-state index in [-0.39, 0.29) is 5.91 Å². The predicted molar refractivity (Wildman–Crippen MR) is 82.1 cm³/mol. The van der Waals surface area contributed by atoms with E-state index in [2.05, 4.69) is 27.7 Å². The highest BCUT2D eigenvalue weighted by atomic mass is 16.2. The maximum absolute atomic E-state index is 11.7. The molecule has 2 aliphatic rings. The minimum Gasteiger partial charge on any atom is -0.382 e. The van der Waals surface area contributed by atoms with Gasteiger partial charge in [0.1, 0.15) is 6.54 Å². The van der Waals surface area contributed by atoms with Crippen LogP contribution in [0, 0.1) is 5.92 Å². The summed E-state index contributed by atoms with van der Waals surface area (Å²) in [5.74, 6) is 0.796. The highest BCUT2D eigenvalue weighted by molar-refractivity contribution is 5.76. The molecule has 3 rings (SSSR count). The third-order valence-corrected chi connectivity index (χ3v) is 4.31. The van der Waals surface area contributed by atoms with Crippen LogP contribution in [-0.2, 0) is 11.3 Å². The zero-order valence-corrected chi connectivity index (χ0v) is 12.7. The lowest BCUT2D eigenvalue weighted by atomic mass is 9.97. The summed E-state index contributed by atoms with van der Waals surface area (Å²) in [6.07, 6.45) is 8.46. The fourth-order valence-corrected chi connectivity index (χ4v) is 2.72. The van der Waals surface area contributed by atoms with Gasteiger partial charge in [-0.1, -0.05) is 0 Å². The van der Waals surface area contributed by atoms with Crippen molar-refractivity contribution in [3.63, 3.8) is 0 Å². The van der Waals surface area contributed by atoms with Crippen LogP contribution in [0.4, 0.5) is 5.69 Å². The smallest absolute Gasteiger partial charge is 0.241 e. The van der Waals surface area contributed by atoms with Gasteiger partial charge in [0.05, 0.1) is 11.9 Å². The second kappa shape index (κ2) is 6.47. The summed E-state index contributed by atoms with van der Waals surface area (Å²) in [4.78, 5) is 14.1. The third kappa shape index (κ3) is 4.46. The largest absolute Gasteiger partial charge is 0.382 e. The number of nitrogens with zero attached hydrogens (tertiary/aromatic N) is 3. The molecule has 1 aromatic rings. The van der Waals surface area contributed by atoms with Crippen LogP contribution in [-0.4, -0.2) is 53.3 Å². The molecule has 2 heterocycles. The van der Waals surface area contributed by atoms with Crippen LogP contribution < -0.4 is 10.6 Å². The van der Waals surface area contributed by atoms with Gasteiger partial charge in [0.25, 0.3) is 0 Å². The Morgan fingerprint density at radius 2 is 2.10 bits per heavy atom. The quantitative estimate of drug-likeness (QED) is 0.818. The van der Waals surface area contributed by atoms with Crippen molar-refractivity contribution in [2.45, 2.75) is 38.3 Å². The number of carbonyl (C=O) groups is 1. The topological polar surface area (TPSA) is 62.2 Å². The first-order valence-electron chi connectivity index (χ1n) is 7.93. The Morgan fingerprint density at radius 3 is 2.81 bits per heavy atom. The van der Waals surface area contributed by atoms with E-state index in [0.29, 0.717) is 12.6 Å². The number of hydrogen-bond donors (Lipinski definition) is 2. The highest BCUT2D eigenvalue weighted by Gasteiger charge is 2.23. The normalized spacial score (nSPS) is 20.4. The van der Waals surface area contributed by atoms with E-state index < -0.39 is 0 Å². The summed E-state index contributed by atoms with van der Waals surface area (Å²) in [6.45, 7) is 3.68. The van der Waals surface area contributed by atoms with Crippen LogP contribution in [0.2, 0.25) is 0 Å². The molecule has 0 unspecified atom stereocenters. The number of rotatable bonds is 6. The monoisotopic (exact) mass is 291 g/mol. The maximum Gasteiger partial charge on any atom is 0.241 e. The Bertz CT molecular complexity index is 474. The van der Waals surface area contributed by atoms with E-state index in [4.69, 9.17) is 0 Å². The van der Waals surface area contributed by atoms with Gasteiger partial charge in [-0.2, -0.15) is 5.10 Å². The van der Waals surface area contributed by atoms with E-state index in [9.17, 15) is 4.79 Å². The standard InChI is InChI=1S/C15H25N5O/c1-19-6-4-12(5-7-19)8-16-14-9-17-20(10-14)11-15(21)18-13-2-3-13/h9-10,12-13,16H,2-8,11H2,1H3,(H,18,21). The minimum atomic E-state index is 0.0578. The van der Waals surface area contributed by atoms with Gasteiger partial charge in [0.2, 0.25) is 5.91 Å². The molecule has 0 atom stereocenters. The third-order valence-electron chi connectivity index (χ3n) is 4.31. The van der Waals surface area contributed by atoms with Crippen molar-refractivity contribution in [2.75, 3.05) is 32.0 Å². The van der Waals surface area contributed by atoms with Gasteiger partial charge >= 0.3 is 0 Å². The number of likely N-dealkylation sites (tertiary alicyclic amines) is 1. The molecule has 2 N–H and O–H groups in total. The first kappa shape index (κ1) is 14.4. The summed E-state index contributed by atoms with van der Waals surface area (Å²) < 4.78 is 1.70. The second-order valence-electron chi connectivity index (χ2n) is 6.40. The molecule has 1 aliphatic heterocycles.